The normalized spacial score (nSPS) is 12.4. The molecule has 2 amide bonds. The summed E-state index contributed by atoms with van der Waals surface area (Å²) in [5.74, 6) is -1.25. The van der Waals surface area contributed by atoms with E-state index in [0.717, 1.165) is 14.6 Å². The fraction of sp³-hybridized carbons (Fsp3) is 0.250. The van der Waals surface area contributed by atoms with Crippen molar-refractivity contribution in [2.45, 2.75) is 10.8 Å². The largest absolute Gasteiger partial charge is 0.399 e. The lowest BCUT2D eigenvalue weighted by molar-refractivity contribution is -0.126. The van der Waals surface area contributed by atoms with Gasteiger partial charge in [-0.05, 0) is 18.2 Å². The van der Waals surface area contributed by atoms with E-state index in [9.17, 15) is 9.59 Å². The van der Waals surface area contributed by atoms with Gasteiger partial charge >= 0.3 is 0 Å². The van der Waals surface area contributed by atoms with E-state index in [2.05, 4.69) is 4.98 Å². The van der Waals surface area contributed by atoms with Crippen LogP contribution >= 0.6 is 23.1 Å². The fourth-order valence-corrected chi connectivity index (χ4v) is 3.88. The quantitative estimate of drug-likeness (QED) is 0.541. The van der Waals surface area contributed by atoms with E-state index in [4.69, 9.17) is 17.2 Å². The molecule has 2 aromatic rings. The van der Waals surface area contributed by atoms with Crippen LogP contribution in [0.4, 0.5) is 5.69 Å². The maximum atomic E-state index is 11.2. The first-order valence-electron chi connectivity index (χ1n) is 5.82. The number of nitrogens with zero attached hydrogens (tertiary/aromatic N) is 1. The van der Waals surface area contributed by atoms with E-state index in [1.165, 1.54) is 23.1 Å². The van der Waals surface area contributed by atoms with Gasteiger partial charge in [0.25, 0.3) is 0 Å². The van der Waals surface area contributed by atoms with Crippen LogP contribution < -0.4 is 17.2 Å². The number of carbonyl (C=O) groups excluding carboxylic acids is 2. The van der Waals surface area contributed by atoms with Gasteiger partial charge in [0.05, 0.1) is 16.1 Å². The average molecular weight is 310 g/mol. The lowest BCUT2D eigenvalue weighted by Gasteiger charge is -2.09. The van der Waals surface area contributed by atoms with Gasteiger partial charge in [0.1, 0.15) is 0 Å². The predicted molar refractivity (Wildman–Crippen MR) is 81.3 cm³/mol. The van der Waals surface area contributed by atoms with Crippen molar-refractivity contribution in [1.29, 1.82) is 0 Å². The third kappa shape index (κ3) is 3.61. The second-order valence-corrected chi connectivity index (χ2v) is 6.59. The van der Waals surface area contributed by atoms with Crippen molar-refractivity contribution in [2.24, 2.45) is 17.4 Å². The monoisotopic (exact) mass is 310 g/mol. The molecular weight excluding hydrogens is 296 g/mol. The van der Waals surface area contributed by atoms with Crippen molar-refractivity contribution < 1.29 is 9.59 Å². The maximum Gasteiger partial charge on any atom is 0.221 e. The van der Waals surface area contributed by atoms with Crippen molar-refractivity contribution >= 4 is 50.8 Å². The Morgan fingerprint density at radius 3 is 2.75 bits per heavy atom. The topological polar surface area (TPSA) is 125 Å². The first kappa shape index (κ1) is 14.6. The molecular formula is C12H14N4O2S2. The zero-order valence-electron chi connectivity index (χ0n) is 10.5. The SMILES string of the molecule is NC(=O)CC(CSc1nc2ccc(N)cc2s1)C(N)=O. The van der Waals surface area contributed by atoms with Gasteiger partial charge in [-0.2, -0.15) is 0 Å². The molecule has 0 aliphatic rings. The second kappa shape index (κ2) is 6.10. The van der Waals surface area contributed by atoms with Crippen LogP contribution in [0.1, 0.15) is 6.42 Å². The number of hydrogen-bond acceptors (Lipinski definition) is 6. The summed E-state index contributed by atoms with van der Waals surface area (Å²) in [4.78, 5) is 26.5. The Morgan fingerprint density at radius 1 is 1.35 bits per heavy atom. The number of aromatic nitrogens is 1. The number of primary amides is 2. The molecule has 0 aliphatic carbocycles. The molecule has 0 saturated heterocycles. The minimum atomic E-state index is -0.574. The van der Waals surface area contributed by atoms with Crippen LogP contribution in [0.2, 0.25) is 0 Å². The van der Waals surface area contributed by atoms with Gasteiger partial charge in [0.15, 0.2) is 4.34 Å². The first-order chi connectivity index (χ1) is 9.45. The molecule has 1 aromatic carbocycles. The van der Waals surface area contributed by atoms with Gasteiger partial charge in [-0.3, -0.25) is 9.59 Å². The van der Waals surface area contributed by atoms with E-state index in [-0.39, 0.29) is 6.42 Å². The van der Waals surface area contributed by atoms with Crippen LogP contribution in [0.15, 0.2) is 22.5 Å². The maximum absolute atomic E-state index is 11.2. The third-order valence-electron chi connectivity index (χ3n) is 2.65. The van der Waals surface area contributed by atoms with Crippen molar-refractivity contribution in [1.82, 2.24) is 4.98 Å². The fourth-order valence-electron chi connectivity index (χ4n) is 1.64. The van der Waals surface area contributed by atoms with Crippen LogP contribution in [-0.2, 0) is 9.59 Å². The molecule has 1 heterocycles. The van der Waals surface area contributed by atoms with E-state index in [1.54, 1.807) is 6.07 Å². The molecule has 8 heteroatoms. The van der Waals surface area contributed by atoms with Gasteiger partial charge in [-0.25, -0.2) is 4.98 Å². The number of nitrogen functional groups attached to an aromatic ring is 1. The number of nitrogens with two attached hydrogens (primary N) is 3. The highest BCUT2D eigenvalue weighted by atomic mass is 32.2. The van der Waals surface area contributed by atoms with Crippen molar-refractivity contribution in [3.63, 3.8) is 0 Å². The Labute approximate surface area is 123 Å². The van der Waals surface area contributed by atoms with Crippen LogP contribution in [-0.4, -0.2) is 22.6 Å². The number of amides is 2. The highest BCUT2D eigenvalue weighted by Crippen LogP contribution is 2.31. The Kier molecular flexibility index (Phi) is 4.46. The van der Waals surface area contributed by atoms with Gasteiger partial charge in [-0.1, -0.05) is 11.8 Å². The summed E-state index contributed by atoms with van der Waals surface area (Å²) >= 11 is 2.88. The molecule has 1 aromatic heterocycles. The summed E-state index contributed by atoms with van der Waals surface area (Å²) in [7, 11) is 0. The Bertz CT molecular complexity index is 656. The van der Waals surface area contributed by atoms with Gasteiger partial charge in [0.2, 0.25) is 11.8 Å². The Balaban J connectivity index is 2.07. The van der Waals surface area contributed by atoms with E-state index in [0.29, 0.717) is 11.4 Å². The molecule has 0 radical (unpaired) electrons. The molecule has 6 nitrogen and oxygen atoms in total. The molecule has 2 rings (SSSR count). The number of thiazole rings is 1. The highest BCUT2D eigenvalue weighted by molar-refractivity contribution is 8.01. The predicted octanol–water partition coefficient (Wildman–Crippen LogP) is 0.948. The Hall–Kier alpha value is -1.80. The molecule has 0 saturated carbocycles. The zero-order chi connectivity index (χ0) is 14.7. The van der Waals surface area contributed by atoms with Gasteiger partial charge < -0.3 is 17.2 Å². The van der Waals surface area contributed by atoms with Crippen LogP contribution in [0.3, 0.4) is 0 Å². The van der Waals surface area contributed by atoms with Crippen molar-refractivity contribution in [2.75, 3.05) is 11.5 Å². The lowest BCUT2D eigenvalue weighted by Crippen LogP contribution is -2.29. The minimum absolute atomic E-state index is 0.0415. The minimum Gasteiger partial charge on any atom is -0.399 e. The number of fused-ring (bicyclic) bond motifs is 1. The number of hydrogen-bond donors (Lipinski definition) is 3. The Morgan fingerprint density at radius 2 is 2.10 bits per heavy atom. The molecule has 0 aliphatic heterocycles. The van der Waals surface area contributed by atoms with Crippen LogP contribution in [0.25, 0.3) is 10.2 Å². The van der Waals surface area contributed by atoms with E-state index < -0.39 is 17.7 Å². The van der Waals surface area contributed by atoms with Crippen LogP contribution in [0.5, 0.6) is 0 Å². The standard InChI is InChI=1S/C12H14N4O2S2/c13-7-1-2-8-9(4-7)20-12(16-8)19-5-6(11(15)18)3-10(14)17/h1-2,4,6H,3,5,13H2,(H2,14,17)(H2,15,18). The molecule has 0 spiro atoms. The molecule has 20 heavy (non-hydrogen) atoms. The summed E-state index contributed by atoms with van der Waals surface area (Å²) in [6, 6.07) is 5.49. The number of thioether (sulfide) groups is 1. The molecule has 1 atom stereocenters. The first-order valence-corrected chi connectivity index (χ1v) is 7.62. The summed E-state index contributed by atoms with van der Waals surface area (Å²) < 4.78 is 1.79. The molecule has 0 bridgehead atoms. The van der Waals surface area contributed by atoms with Crippen molar-refractivity contribution in [3.8, 4) is 0 Å². The summed E-state index contributed by atoms with van der Waals surface area (Å²) in [5.41, 5.74) is 17.6. The highest BCUT2D eigenvalue weighted by Gasteiger charge is 2.19. The number of carbonyl (C=O) groups is 2. The number of rotatable bonds is 6. The second-order valence-electron chi connectivity index (χ2n) is 4.29. The third-order valence-corrected chi connectivity index (χ3v) is 4.97. The lowest BCUT2D eigenvalue weighted by atomic mass is 10.1. The van der Waals surface area contributed by atoms with Gasteiger partial charge in [-0.15, -0.1) is 11.3 Å². The number of benzene rings is 1. The zero-order valence-corrected chi connectivity index (χ0v) is 12.2. The summed E-state index contributed by atoms with van der Waals surface area (Å²) in [6.45, 7) is 0. The smallest absolute Gasteiger partial charge is 0.221 e. The molecule has 0 fully saturated rings. The van der Waals surface area contributed by atoms with E-state index >= 15 is 0 Å². The van der Waals surface area contributed by atoms with Crippen LogP contribution in [0, 0.1) is 5.92 Å². The molecule has 1 unspecified atom stereocenters. The van der Waals surface area contributed by atoms with Gasteiger partial charge in [0, 0.05) is 17.9 Å². The summed E-state index contributed by atoms with van der Waals surface area (Å²) in [6.07, 6.45) is -0.0415. The van der Waals surface area contributed by atoms with Crippen molar-refractivity contribution in [3.05, 3.63) is 18.2 Å². The van der Waals surface area contributed by atoms with E-state index in [1.807, 2.05) is 12.1 Å². The number of anilines is 1. The summed E-state index contributed by atoms with van der Waals surface area (Å²) in [5, 5.41) is 0. The molecule has 6 N–H and O–H groups in total. The molecule has 106 valence electrons. The average Bonchev–Trinajstić information content (AvgIpc) is 2.75.